The smallest absolute Gasteiger partial charge is 0.348 e. The molecule has 0 aliphatic carbocycles. The third-order valence-electron chi connectivity index (χ3n) is 16.3. The van der Waals surface area contributed by atoms with Crippen LogP contribution in [0.3, 0.4) is 0 Å². The van der Waals surface area contributed by atoms with E-state index >= 15 is 0 Å². The van der Waals surface area contributed by atoms with Crippen molar-refractivity contribution in [3.05, 3.63) is 117 Å². The van der Waals surface area contributed by atoms with Crippen LogP contribution < -0.4 is 0 Å². The van der Waals surface area contributed by atoms with Gasteiger partial charge in [-0.25, -0.2) is 19.2 Å². The van der Waals surface area contributed by atoms with E-state index in [1.165, 1.54) is 64.0 Å². The summed E-state index contributed by atoms with van der Waals surface area (Å²) in [6, 6.07) is 6.76. The summed E-state index contributed by atoms with van der Waals surface area (Å²) in [5.74, 6) is -3.55. The Morgan fingerprint density at radius 3 is 1.43 bits per heavy atom. The number of barbiturate groups is 2. The summed E-state index contributed by atoms with van der Waals surface area (Å²) in [5.41, 5.74) is 3.51. The second kappa shape index (κ2) is 34.7. The van der Waals surface area contributed by atoms with Gasteiger partial charge < -0.3 is 43.4 Å². The average molecular weight is 1300 g/mol. The van der Waals surface area contributed by atoms with Crippen molar-refractivity contribution < 1.29 is 57.3 Å². The van der Waals surface area contributed by atoms with Crippen molar-refractivity contribution in [3.8, 4) is 24.3 Å². The SMILES string of the molecule is CC(C)N1CCC/C1=C/C=C(C#N)C#N.CCCN1C(=O)C(=C/C=C2/OCC(C)(C)N2CC)C(=O)N(CCC)C1=O.CCN1CCC/C1=C/C=C(C#N)C#N.CN1/C(=C\C=C2C(=O)OC(C)(C)OC2=O)OCC1(C)C.CN1C(=O)C(=C/C=C2/CCCN2C)C(=O)N(C)C1=O. The fourth-order valence-electron chi connectivity index (χ4n) is 10.7. The molecule has 506 valence electrons. The van der Waals surface area contributed by atoms with Crippen LogP contribution in [0.4, 0.5) is 9.59 Å². The number of esters is 2. The number of imide groups is 4. The van der Waals surface area contributed by atoms with E-state index in [-0.39, 0.29) is 38.9 Å². The van der Waals surface area contributed by atoms with E-state index in [9.17, 15) is 38.4 Å². The number of carbonyl (C=O) groups is 8. The molecule has 25 heteroatoms. The first kappa shape index (κ1) is 76.6. The summed E-state index contributed by atoms with van der Waals surface area (Å²) in [5, 5.41) is 34.3. The Hall–Kier alpha value is -9.88. The third-order valence-corrected chi connectivity index (χ3v) is 16.3. The lowest BCUT2D eigenvalue weighted by Crippen LogP contribution is -2.56. The van der Waals surface area contributed by atoms with Crippen molar-refractivity contribution in [1.29, 1.82) is 21.0 Å². The highest BCUT2D eigenvalue weighted by molar-refractivity contribution is 6.29. The zero-order valence-corrected chi connectivity index (χ0v) is 57.6. The number of hydrogen-bond donors (Lipinski definition) is 0. The summed E-state index contributed by atoms with van der Waals surface area (Å²) >= 11 is 0. The van der Waals surface area contributed by atoms with Gasteiger partial charge in [0.15, 0.2) is 11.8 Å². The molecule has 0 aromatic rings. The van der Waals surface area contributed by atoms with Gasteiger partial charge in [0.05, 0.1) is 11.1 Å². The standard InChI is InChI=1S/C19H29N3O4.C14H19NO5.C13H17N3O3.C12H15N3.C11H13N3/c1-6-11-20-16(23)14(17(24)21(12-7-2)18(20)25)9-10-15-22(8-3)19(4,5)13-26-15;1-13(2)8-18-10(15(13)5)7-6-9-11(16)19-14(3,4)20-12(9)17;1-14-8-4-5-9(14)6-7-10-11(17)15(2)13(19)16(3)12(10)18;1-10(2)15-7-3-4-12(15)6-5-11(8-13)9-14;1-2-14-7-3-4-11(14)6-5-10(8-12)9-13/h9-10H,6-8,11-13H2,1-5H3;6-7H,8H2,1-5H3;6-7H,4-5,8H2,1-3H3;5-6,10H,3-4,7H2,1-2H3;5-6H,2-4,7H2,1H3/b15-10+;10-7+;9-6-;12-6-;11-6-. The number of rotatable bonds is 12. The Morgan fingerprint density at radius 2 is 0.957 bits per heavy atom. The van der Waals surface area contributed by atoms with Crippen LogP contribution in [0.15, 0.2) is 117 Å². The molecule has 8 rings (SSSR count). The summed E-state index contributed by atoms with van der Waals surface area (Å²) in [4.78, 5) is 112. The lowest BCUT2D eigenvalue weighted by atomic mass is 10.1. The first-order valence-electron chi connectivity index (χ1n) is 31.7. The highest BCUT2D eigenvalue weighted by Crippen LogP contribution is 2.32. The number of ether oxygens (including phenoxy) is 4. The fourth-order valence-corrected chi connectivity index (χ4v) is 10.7. The number of likely N-dealkylation sites (tertiary alicyclic amines) is 3. The molecule has 0 radical (unpaired) electrons. The van der Waals surface area contributed by atoms with E-state index in [2.05, 4.69) is 54.2 Å². The van der Waals surface area contributed by atoms with Gasteiger partial charge in [0.25, 0.3) is 29.4 Å². The molecule has 8 amide bonds. The van der Waals surface area contributed by atoms with Crippen LogP contribution >= 0.6 is 0 Å². The van der Waals surface area contributed by atoms with Gasteiger partial charge in [-0.2, -0.15) is 21.0 Å². The second-order valence-corrected chi connectivity index (χ2v) is 24.8. The molecule has 0 atom stereocenters. The molecule has 0 N–H and O–H groups in total. The maximum absolute atomic E-state index is 12.7. The number of hydrogen-bond acceptors (Lipinski definition) is 21. The lowest BCUT2D eigenvalue weighted by Gasteiger charge is -2.33. The van der Waals surface area contributed by atoms with Gasteiger partial charge in [-0.05, 0) is 168 Å². The van der Waals surface area contributed by atoms with Gasteiger partial charge in [0.2, 0.25) is 0 Å². The molecule has 8 heterocycles. The van der Waals surface area contributed by atoms with Gasteiger partial charge >= 0.3 is 24.0 Å². The van der Waals surface area contributed by atoms with E-state index in [0.29, 0.717) is 57.0 Å². The summed E-state index contributed by atoms with van der Waals surface area (Å²) in [6.45, 7) is 30.0. The van der Waals surface area contributed by atoms with Crippen molar-refractivity contribution >= 4 is 47.6 Å². The highest BCUT2D eigenvalue weighted by atomic mass is 16.7. The first-order valence-corrected chi connectivity index (χ1v) is 31.7. The van der Waals surface area contributed by atoms with E-state index in [1.807, 2.05) is 90.0 Å². The molecule has 0 bridgehead atoms. The van der Waals surface area contributed by atoms with Crippen LogP contribution in [0, 0.1) is 45.3 Å². The molecule has 8 aliphatic rings. The number of carbonyl (C=O) groups excluding carboxylic acids is 8. The van der Waals surface area contributed by atoms with Crippen LogP contribution in [-0.4, -0.2) is 202 Å². The van der Waals surface area contributed by atoms with Gasteiger partial charge in [-0.15, -0.1) is 0 Å². The van der Waals surface area contributed by atoms with Crippen molar-refractivity contribution in [3.63, 3.8) is 0 Å². The predicted molar refractivity (Wildman–Crippen MR) is 350 cm³/mol. The van der Waals surface area contributed by atoms with Gasteiger partial charge in [0, 0.05) is 111 Å². The van der Waals surface area contributed by atoms with Crippen molar-refractivity contribution in [2.45, 2.75) is 157 Å². The molecular formula is C69H93N13O12. The van der Waals surface area contributed by atoms with Crippen LogP contribution in [0.25, 0.3) is 0 Å². The van der Waals surface area contributed by atoms with Crippen LogP contribution in [0.1, 0.15) is 134 Å². The van der Waals surface area contributed by atoms with Crippen molar-refractivity contribution in [2.24, 2.45) is 0 Å². The van der Waals surface area contributed by atoms with Crippen LogP contribution in [0.5, 0.6) is 0 Å². The van der Waals surface area contributed by atoms with E-state index < -0.39 is 53.4 Å². The van der Waals surface area contributed by atoms with Crippen LogP contribution in [-0.2, 0) is 47.7 Å². The van der Waals surface area contributed by atoms with Crippen molar-refractivity contribution in [1.82, 2.24) is 44.1 Å². The molecule has 0 aromatic carbocycles. The quantitative estimate of drug-likeness (QED) is 0.0763. The minimum Gasteiger partial charge on any atom is -0.477 e. The van der Waals surface area contributed by atoms with Crippen molar-refractivity contribution in [2.75, 3.05) is 87.2 Å². The number of likely N-dealkylation sites (N-methyl/N-ethyl adjacent to an activating group) is 4. The average Bonchev–Trinajstić information content (AvgIpc) is 1.27. The van der Waals surface area contributed by atoms with E-state index in [4.69, 9.17) is 40.0 Å². The highest BCUT2D eigenvalue weighted by Gasteiger charge is 2.43. The Bertz CT molecular complexity index is 3290. The monoisotopic (exact) mass is 1300 g/mol. The number of nitrogens with zero attached hydrogens (tertiary/aromatic N) is 13. The zero-order valence-electron chi connectivity index (χ0n) is 57.6. The van der Waals surface area contributed by atoms with E-state index in [1.54, 1.807) is 30.4 Å². The number of amides is 8. The molecule has 8 fully saturated rings. The minimum atomic E-state index is -1.22. The van der Waals surface area contributed by atoms with Gasteiger partial charge in [0.1, 0.15) is 65.4 Å². The second-order valence-electron chi connectivity index (χ2n) is 24.8. The zero-order chi connectivity index (χ0) is 70.4. The maximum atomic E-state index is 12.7. The van der Waals surface area contributed by atoms with E-state index in [0.717, 1.165) is 90.1 Å². The third kappa shape index (κ3) is 19.8. The Labute approximate surface area is 554 Å². The predicted octanol–water partition coefficient (Wildman–Crippen LogP) is 8.71. The molecule has 8 aliphatic heterocycles. The first-order chi connectivity index (χ1) is 44.3. The molecule has 25 nitrogen and oxygen atoms in total. The van der Waals surface area contributed by atoms with Crippen LogP contribution in [0.2, 0.25) is 0 Å². The normalized spacial score (nSPS) is 21.6. The Kier molecular flexibility index (Phi) is 28.3. The summed E-state index contributed by atoms with van der Waals surface area (Å²) < 4.78 is 21.3. The lowest BCUT2D eigenvalue weighted by molar-refractivity contribution is -0.222. The number of urea groups is 2. The molecule has 0 unspecified atom stereocenters. The number of nitriles is 4. The molecule has 8 saturated heterocycles. The molecule has 94 heavy (non-hydrogen) atoms. The molecule has 0 aromatic heterocycles. The van der Waals surface area contributed by atoms with Gasteiger partial charge in [-0.1, -0.05) is 13.8 Å². The number of cyclic esters (lactones) is 2. The fraction of sp³-hybridized carbons (Fsp3) is 0.536. The molecule has 0 spiro atoms. The van der Waals surface area contributed by atoms with Gasteiger partial charge in [-0.3, -0.25) is 38.8 Å². The maximum Gasteiger partial charge on any atom is 0.348 e. The number of allylic oxidation sites excluding steroid dienone is 15. The topological polar surface area (TPSA) is 298 Å². The Balaban J connectivity index is 0.000000255. The largest absolute Gasteiger partial charge is 0.477 e. The molecular weight excluding hydrogens is 1200 g/mol. The molecule has 0 saturated carbocycles. The summed E-state index contributed by atoms with van der Waals surface area (Å²) in [6.07, 6.45) is 24.1. The minimum absolute atomic E-state index is 0.00311. The Morgan fingerprint density at radius 1 is 0.511 bits per heavy atom. The summed E-state index contributed by atoms with van der Waals surface area (Å²) in [7, 11) is 6.61.